The molecule has 4 heteroatoms. The van der Waals surface area contributed by atoms with Crippen molar-refractivity contribution in [2.45, 2.75) is 20.3 Å². The number of alkyl halides is 1. The van der Waals surface area contributed by atoms with Gasteiger partial charge in [-0.25, -0.2) is 0 Å². The van der Waals surface area contributed by atoms with Gasteiger partial charge < -0.3 is 10.1 Å². The topological polar surface area (TPSA) is 38.3 Å². The van der Waals surface area contributed by atoms with Gasteiger partial charge in [0.1, 0.15) is 0 Å². The van der Waals surface area contributed by atoms with Crippen molar-refractivity contribution in [2.24, 2.45) is 5.92 Å². The number of amides is 1. The summed E-state index contributed by atoms with van der Waals surface area (Å²) in [6, 6.07) is 0. The molecule has 0 aliphatic rings. The molecule has 78 valence electrons. The molecule has 0 aliphatic heterocycles. The molecule has 0 saturated heterocycles. The molecule has 0 rings (SSSR count). The van der Waals surface area contributed by atoms with E-state index >= 15 is 0 Å². The van der Waals surface area contributed by atoms with Crippen LogP contribution in [0.3, 0.4) is 0 Å². The van der Waals surface area contributed by atoms with E-state index in [9.17, 15) is 9.18 Å². The van der Waals surface area contributed by atoms with Crippen LogP contribution in [0.25, 0.3) is 0 Å². The fourth-order valence-corrected chi connectivity index (χ4v) is 0.709. The van der Waals surface area contributed by atoms with Gasteiger partial charge in [-0.3, -0.25) is 9.18 Å². The van der Waals surface area contributed by atoms with Gasteiger partial charge in [0, 0.05) is 19.1 Å². The molecule has 0 bridgehead atoms. The summed E-state index contributed by atoms with van der Waals surface area (Å²) in [6.45, 7) is 4.70. The third kappa shape index (κ3) is 7.71. The van der Waals surface area contributed by atoms with Crippen LogP contribution in [0.4, 0.5) is 4.39 Å². The van der Waals surface area contributed by atoms with Gasteiger partial charge in [-0.05, 0) is 6.42 Å². The predicted molar refractivity (Wildman–Crippen MR) is 49.3 cm³/mol. The highest BCUT2D eigenvalue weighted by Gasteiger charge is 2.04. The van der Waals surface area contributed by atoms with Crippen LogP contribution in [0.15, 0.2) is 0 Å². The Kier molecular flexibility index (Phi) is 7.59. The summed E-state index contributed by atoms with van der Waals surface area (Å²) in [7, 11) is 0. The van der Waals surface area contributed by atoms with Gasteiger partial charge in [0.05, 0.1) is 13.3 Å². The lowest BCUT2D eigenvalue weighted by Gasteiger charge is -2.07. The second-order valence-electron chi connectivity index (χ2n) is 3.10. The monoisotopic (exact) mass is 191 g/mol. The summed E-state index contributed by atoms with van der Waals surface area (Å²) in [5.74, 6) is 0.0277. The molecule has 0 aromatic carbocycles. The third-order valence-corrected chi connectivity index (χ3v) is 1.49. The predicted octanol–water partition coefficient (Wildman–Crippen LogP) is 1.13. The van der Waals surface area contributed by atoms with Crippen molar-refractivity contribution in [3.63, 3.8) is 0 Å². The van der Waals surface area contributed by atoms with Gasteiger partial charge in [0.15, 0.2) is 0 Å². The average molecular weight is 191 g/mol. The summed E-state index contributed by atoms with van der Waals surface area (Å²) in [5.41, 5.74) is 0. The molecule has 0 saturated carbocycles. The lowest BCUT2D eigenvalue weighted by molar-refractivity contribution is -0.124. The summed E-state index contributed by atoms with van der Waals surface area (Å²) in [6.07, 6.45) is 0.429. The average Bonchev–Trinajstić information content (AvgIpc) is 2.10. The minimum Gasteiger partial charge on any atom is -0.380 e. The molecule has 0 fully saturated rings. The summed E-state index contributed by atoms with van der Waals surface area (Å²) >= 11 is 0. The number of rotatable bonds is 7. The quantitative estimate of drug-likeness (QED) is 0.613. The van der Waals surface area contributed by atoms with Crippen molar-refractivity contribution >= 4 is 5.91 Å². The highest BCUT2D eigenvalue weighted by atomic mass is 19.1. The number of hydrogen-bond donors (Lipinski definition) is 1. The summed E-state index contributed by atoms with van der Waals surface area (Å²) < 4.78 is 16.6. The summed E-state index contributed by atoms with van der Waals surface area (Å²) in [4.78, 5) is 11.0. The van der Waals surface area contributed by atoms with Crippen LogP contribution in [-0.4, -0.2) is 32.3 Å². The first kappa shape index (κ1) is 12.4. The van der Waals surface area contributed by atoms with Gasteiger partial charge in [0.25, 0.3) is 0 Å². The van der Waals surface area contributed by atoms with E-state index in [0.29, 0.717) is 26.2 Å². The zero-order valence-corrected chi connectivity index (χ0v) is 8.31. The molecule has 3 nitrogen and oxygen atoms in total. The number of halogens is 1. The van der Waals surface area contributed by atoms with Gasteiger partial charge in [-0.1, -0.05) is 13.8 Å². The molecule has 0 radical (unpaired) electrons. The Hall–Kier alpha value is -0.640. The molecule has 0 heterocycles. The van der Waals surface area contributed by atoms with Crippen molar-refractivity contribution < 1.29 is 13.9 Å². The minimum absolute atomic E-state index is 0.00541. The second kappa shape index (κ2) is 7.98. The zero-order chi connectivity index (χ0) is 10.1. The zero-order valence-electron chi connectivity index (χ0n) is 8.31. The maximum absolute atomic E-state index is 11.6. The molecule has 0 aliphatic carbocycles. The second-order valence-corrected chi connectivity index (χ2v) is 3.10. The standard InChI is InChI=1S/C9H18FNO2/c1-8(2)9(12)11-5-7-13-6-3-4-10/h8H,3-7H2,1-2H3,(H,11,12). The van der Waals surface area contributed by atoms with E-state index in [1.54, 1.807) is 0 Å². The first-order valence-electron chi connectivity index (χ1n) is 4.60. The molecule has 0 spiro atoms. The Bertz CT molecular complexity index is 140. The van der Waals surface area contributed by atoms with E-state index in [1.807, 2.05) is 13.8 Å². The smallest absolute Gasteiger partial charge is 0.222 e. The van der Waals surface area contributed by atoms with Crippen LogP contribution >= 0.6 is 0 Å². The number of hydrogen-bond acceptors (Lipinski definition) is 2. The Labute approximate surface area is 78.6 Å². The molecule has 13 heavy (non-hydrogen) atoms. The van der Waals surface area contributed by atoms with Crippen molar-refractivity contribution in [1.82, 2.24) is 5.32 Å². The number of carbonyl (C=O) groups is 1. The van der Waals surface area contributed by atoms with Crippen molar-refractivity contribution in [3.05, 3.63) is 0 Å². The van der Waals surface area contributed by atoms with Crippen LogP contribution < -0.4 is 5.32 Å². The lowest BCUT2D eigenvalue weighted by atomic mass is 10.2. The normalized spacial score (nSPS) is 10.5. The molecular weight excluding hydrogens is 173 g/mol. The lowest BCUT2D eigenvalue weighted by Crippen LogP contribution is -2.30. The first-order valence-corrected chi connectivity index (χ1v) is 4.60. The highest BCUT2D eigenvalue weighted by Crippen LogP contribution is 1.89. The Morgan fingerprint density at radius 2 is 2.15 bits per heavy atom. The van der Waals surface area contributed by atoms with E-state index in [-0.39, 0.29) is 18.5 Å². The van der Waals surface area contributed by atoms with E-state index in [2.05, 4.69) is 5.32 Å². The maximum atomic E-state index is 11.6. The SMILES string of the molecule is CC(C)C(=O)NCCOCCCF. The Morgan fingerprint density at radius 1 is 1.46 bits per heavy atom. The largest absolute Gasteiger partial charge is 0.380 e. The maximum Gasteiger partial charge on any atom is 0.222 e. The number of ether oxygens (including phenoxy) is 1. The molecule has 0 aromatic heterocycles. The van der Waals surface area contributed by atoms with E-state index in [1.165, 1.54) is 0 Å². The van der Waals surface area contributed by atoms with Gasteiger partial charge >= 0.3 is 0 Å². The fraction of sp³-hybridized carbons (Fsp3) is 0.889. The number of nitrogens with one attached hydrogen (secondary N) is 1. The van der Waals surface area contributed by atoms with Gasteiger partial charge in [-0.2, -0.15) is 0 Å². The van der Waals surface area contributed by atoms with E-state index in [0.717, 1.165) is 0 Å². The van der Waals surface area contributed by atoms with E-state index < -0.39 is 0 Å². The molecule has 1 N–H and O–H groups in total. The minimum atomic E-state index is -0.349. The molecule has 1 amide bonds. The van der Waals surface area contributed by atoms with Crippen LogP contribution in [0, 0.1) is 5.92 Å². The fourth-order valence-electron chi connectivity index (χ4n) is 0.709. The Balaban J connectivity index is 3.12. The Morgan fingerprint density at radius 3 is 2.69 bits per heavy atom. The summed E-state index contributed by atoms with van der Waals surface area (Å²) in [5, 5.41) is 2.70. The first-order chi connectivity index (χ1) is 6.18. The molecule has 0 aromatic rings. The molecule has 0 unspecified atom stereocenters. The van der Waals surface area contributed by atoms with E-state index in [4.69, 9.17) is 4.74 Å². The highest BCUT2D eigenvalue weighted by molar-refractivity contribution is 5.77. The van der Waals surface area contributed by atoms with Gasteiger partial charge in [0.2, 0.25) is 5.91 Å². The van der Waals surface area contributed by atoms with Crippen LogP contribution in [0.1, 0.15) is 20.3 Å². The van der Waals surface area contributed by atoms with Gasteiger partial charge in [-0.15, -0.1) is 0 Å². The van der Waals surface area contributed by atoms with Crippen LogP contribution in [0.2, 0.25) is 0 Å². The molecule has 0 atom stereocenters. The van der Waals surface area contributed by atoms with Crippen molar-refractivity contribution in [1.29, 1.82) is 0 Å². The number of carbonyl (C=O) groups excluding carboxylic acids is 1. The molecular formula is C9H18FNO2. The van der Waals surface area contributed by atoms with Crippen LogP contribution in [0.5, 0.6) is 0 Å². The van der Waals surface area contributed by atoms with Crippen molar-refractivity contribution in [3.8, 4) is 0 Å². The third-order valence-electron chi connectivity index (χ3n) is 1.49. The van der Waals surface area contributed by atoms with Crippen molar-refractivity contribution in [2.75, 3.05) is 26.4 Å². The van der Waals surface area contributed by atoms with Crippen LogP contribution in [-0.2, 0) is 9.53 Å².